The smallest absolute Gasteiger partial charge is 0.416 e. The first-order valence-electron chi connectivity index (χ1n) is 8.83. The number of fused-ring (bicyclic) bond motifs is 1. The Kier molecular flexibility index (Phi) is 6.33. The molecular weight excluding hydrogens is 458 g/mol. The number of aromatic amines is 1. The van der Waals surface area contributed by atoms with Crippen LogP contribution in [0.4, 0.5) is 13.2 Å². The van der Waals surface area contributed by atoms with Crippen LogP contribution in [0.25, 0.3) is 22.6 Å². The number of H-pyrrole nitrogens is 1. The van der Waals surface area contributed by atoms with E-state index in [4.69, 9.17) is 27.9 Å². The van der Waals surface area contributed by atoms with Gasteiger partial charge in [-0.05, 0) is 42.8 Å². The van der Waals surface area contributed by atoms with E-state index >= 15 is 0 Å². The average Bonchev–Trinajstić information content (AvgIpc) is 3.04. The normalized spacial score (nSPS) is 12.3. The van der Waals surface area contributed by atoms with Gasteiger partial charge in [-0.1, -0.05) is 35.3 Å². The van der Waals surface area contributed by atoms with Crippen molar-refractivity contribution < 1.29 is 32.6 Å². The first kappa shape index (κ1) is 22.7. The Morgan fingerprint density at radius 2 is 1.81 bits per heavy atom. The lowest BCUT2D eigenvalue weighted by Crippen LogP contribution is -2.08. The van der Waals surface area contributed by atoms with Crippen LogP contribution in [0.15, 0.2) is 36.4 Å². The molecule has 0 bridgehead atoms. The Morgan fingerprint density at radius 1 is 1.16 bits per heavy atom. The van der Waals surface area contributed by atoms with Crippen molar-refractivity contribution in [2.24, 2.45) is 0 Å². The van der Waals surface area contributed by atoms with E-state index < -0.39 is 23.7 Å². The molecule has 0 unspecified atom stereocenters. The number of rotatable bonds is 5. The Labute approximate surface area is 184 Å². The number of aliphatic carboxylic acids is 1. The summed E-state index contributed by atoms with van der Waals surface area (Å²) in [6.45, 7) is 1.67. The highest BCUT2D eigenvalue weighted by Gasteiger charge is 2.30. The molecular formula is C21H14Cl2F3NO4. The van der Waals surface area contributed by atoms with Crippen molar-refractivity contribution in [1.82, 2.24) is 4.98 Å². The zero-order valence-electron chi connectivity index (χ0n) is 15.8. The number of halogens is 5. The third-order valence-electron chi connectivity index (χ3n) is 4.38. The molecule has 0 aliphatic heterocycles. The maximum absolute atomic E-state index is 12.8. The van der Waals surface area contributed by atoms with Crippen molar-refractivity contribution in [3.8, 4) is 0 Å². The minimum atomic E-state index is -4.56. The molecule has 5 nitrogen and oxygen atoms in total. The molecule has 1 aromatic heterocycles. The van der Waals surface area contributed by atoms with Crippen LogP contribution in [0.5, 0.6) is 0 Å². The number of carbonyl (C=O) groups excluding carboxylic acids is 1. The van der Waals surface area contributed by atoms with Crippen LogP contribution >= 0.6 is 23.2 Å². The fourth-order valence-corrected chi connectivity index (χ4v) is 3.63. The summed E-state index contributed by atoms with van der Waals surface area (Å²) < 4.78 is 43.5. The van der Waals surface area contributed by atoms with Crippen molar-refractivity contribution in [3.63, 3.8) is 0 Å². The fraction of sp³-hybridized carbons (Fsp3) is 0.143. The SMILES string of the molecule is CCOC(=O)c1[nH]c2cc(Cl)cc(Cl)c2c1C=C(C(=O)O)c1ccc(C(F)(F)F)cc1. The number of alkyl halides is 3. The first-order valence-corrected chi connectivity index (χ1v) is 9.59. The molecule has 1 heterocycles. The second kappa shape index (κ2) is 8.64. The molecule has 3 aromatic rings. The van der Waals surface area contributed by atoms with Gasteiger partial charge in [-0.15, -0.1) is 0 Å². The van der Waals surface area contributed by atoms with E-state index in [9.17, 15) is 27.9 Å². The molecule has 0 aliphatic carbocycles. The molecule has 0 amide bonds. The monoisotopic (exact) mass is 471 g/mol. The van der Waals surface area contributed by atoms with E-state index in [1.807, 2.05) is 0 Å². The van der Waals surface area contributed by atoms with Crippen LogP contribution in [-0.2, 0) is 15.7 Å². The predicted molar refractivity (Wildman–Crippen MR) is 111 cm³/mol. The zero-order valence-corrected chi connectivity index (χ0v) is 17.3. The number of benzene rings is 2. The summed E-state index contributed by atoms with van der Waals surface area (Å²) in [7, 11) is 0. The number of hydrogen-bond acceptors (Lipinski definition) is 3. The third-order valence-corrected chi connectivity index (χ3v) is 4.89. The van der Waals surface area contributed by atoms with Gasteiger partial charge in [0.25, 0.3) is 0 Å². The predicted octanol–water partition coefficient (Wildman–Crippen LogP) is 6.30. The first-order chi connectivity index (χ1) is 14.5. The number of carboxylic acid groups (broad SMARTS) is 1. The maximum atomic E-state index is 12.8. The van der Waals surface area contributed by atoms with E-state index in [0.717, 1.165) is 30.3 Å². The van der Waals surface area contributed by atoms with Gasteiger partial charge in [0, 0.05) is 21.5 Å². The van der Waals surface area contributed by atoms with Crippen molar-refractivity contribution in [2.45, 2.75) is 13.1 Å². The lowest BCUT2D eigenvalue weighted by molar-refractivity contribution is -0.137. The van der Waals surface area contributed by atoms with Gasteiger partial charge >= 0.3 is 18.1 Å². The number of aromatic nitrogens is 1. The van der Waals surface area contributed by atoms with E-state index in [2.05, 4.69) is 4.98 Å². The molecule has 10 heteroatoms. The number of ether oxygens (including phenoxy) is 1. The van der Waals surface area contributed by atoms with E-state index in [-0.39, 0.29) is 39.0 Å². The molecule has 0 saturated heterocycles. The van der Waals surface area contributed by atoms with Crippen molar-refractivity contribution in [2.75, 3.05) is 6.61 Å². The molecule has 0 fully saturated rings. The zero-order chi connectivity index (χ0) is 22.9. The number of carboxylic acids is 1. The van der Waals surface area contributed by atoms with Crippen molar-refractivity contribution in [1.29, 1.82) is 0 Å². The number of hydrogen-bond donors (Lipinski definition) is 2. The van der Waals surface area contributed by atoms with Crippen molar-refractivity contribution in [3.05, 3.63) is 68.8 Å². The molecule has 0 radical (unpaired) electrons. The minimum absolute atomic E-state index is 0.00902. The number of esters is 1. The molecule has 2 N–H and O–H groups in total. The number of nitrogens with one attached hydrogen (secondary N) is 1. The summed E-state index contributed by atoms with van der Waals surface area (Å²) in [5, 5.41) is 10.5. The van der Waals surface area contributed by atoms with Gasteiger partial charge in [0.15, 0.2) is 0 Å². The van der Waals surface area contributed by atoms with Gasteiger partial charge in [-0.3, -0.25) is 0 Å². The highest BCUT2D eigenvalue weighted by atomic mass is 35.5. The van der Waals surface area contributed by atoms with Crippen LogP contribution in [0.1, 0.15) is 34.1 Å². The molecule has 2 aromatic carbocycles. The Hall–Kier alpha value is -2.97. The largest absolute Gasteiger partial charge is 0.478 e. The Morgan fingerprint density at radius 3 is 2.35 bits per heavy atom. The van der Waals surface area contributed by atoms with Crippen LogP contribution in [0.3, 0.4) is 0 Å². The van der Waals surface area contributed by atoms with E-state index in [1.54, 1.807) is 6.92 Å². The molecule has 162 valence electrons. The van der Waals surface area contributed by atoms with E-state index in [0.29, 0.717) is 10.9 Å². The Bertz CT molecular complexity index is 1200. The van der Waals surface area contributed by atoms with Gasteiger partial charge in [-0.2, -0.15) is 13.2 Å². The maximum Gasteiger partial charge on any atom is 0.416 e. The summed E-state index contributed by atoms with van der Waals surface area (Å²) in [5.41, 5.74) is -0.832. The summed E-state index contributed by atoms with van der Waals surface area (Å²) in [4.78, 5) is 27.2. The van der Waals surface area contributed by atoms with Gasteiger partial charge < -0.3 is 14.8 Å². The molecule has 3 rings (SSSR count). The molecule has 0 saturated carbocycles. The molecule has 0 spiro atoms. The third kappa shape index (κ3) is 4.70. The van der Waals surface area contributed by atoms with E-state index in [1.165, 1.54) is 12.1 Å². The van der Waals surface area contributed by atoms with Gasteiger partial charge in [0.1, 0.15) is 5.69 Å². The fourth-order valence-electron chi connectivity index (χ4n) is 3.03. The van der Waals surface area contributed by atoms with Crippen LogP contribution < -0.4 is 0 Å². The second-order valence-electron chi connectivity index (χ2n) is 6.38. The average molecular weight is 472 g/mol. The van der Waals surface area contributed by atoms with Crippen LogP contribution in [0, 0.1) is 0 Å². The van der Waals surface area contributed by atoms with Crippen LogP contribution in [-0.4, -0.2) is 28.6 Å². The second-order valence-corrected chi connectivity index (χ2v) is 7.23. The number of carbonyl (C=O) groups is 2. The van der Waals surface area contributed by atoms with Gasteiger partial charge in [0.2, 0.25) is 0 Å². The summed E-state index contributed by atoms with van der Waals surface area (Å²) in [5.74, 6) is -2.16. The molecule has 0 atom stereocenters. The molecule has 0 aliphatic rings. The molecule has 31 heavy (non-hydrogen) atoms. The summed E-state index contributed by atoms with van der Waals surface area (Å²) in [6.07, 6.45) is -3.40. The van der Waals surface area contributed by atoms with Gasteiger partial charge in [-0.25, -0.2) is 9.59 Å². The summed E-state index contributed by atoms with van der Waals surface area (Å²) >= 11 is 12.3. The highest BCUT2D eigenvalue weighted by Crippen LogP contribution is 2.36. The Balaban J connectivity index is 2.25. The quantitative estimate of drug-likeness (QED) is 0.338. The standard InChI is InChI=1S/C21H14Cl2F3NO4/c1-2-31-20(30)18-14(17-15(23)7-12(22)8-16(17)27-18)9-13(19(28)29)10-3-5-11(6-4-10)21(24,25)26/h3-9,27H,2H2,1H3,(H,28,29). The summed E-state index contributed by atoms with van der Waals surface area (Å²) in [6, 6.07) is 6.56. The lowest BCUT2D eigenvalue weighted by Gasteiger charge is -2.09. The minimum Gasteiger partial charge on any atom is -0.478 e. The lowest BCUT2D eigenvalue weighted by atomic mass is 9.99. The van der Waals surface area contributed by atoms with Crippen LogP contribution in [0.2, 0.25) is 10.0 Å². The van der Waals surface area contributed by atoms with Gasteiger partial charge in [0.05, 0.1) is 22.8 Å². The topological polar surface area (TPSA) is 79.4 Å². The highest BCUT2D eigenvalue weighted by molar-refractivity contribution is 6.39. The van der Waals surface area contributed by atoms with Crippen molar-refractivity contribution >= 4 is 57.7 Å².